The average Bonchev–Trinajstić information content (AvgIpc) is 1.94. The highest BCUT2D eigenvalue weighted by atomic mass is 14.7. The topological polar surface area (TPSA) is 38.9 Å². The number of terminal acetylenes is 1. The van der Waals surface area contributed by atoms with Crippen molar-refractivity contribution in [1.29, 1.82) is 0 Å². The van der Waals surface area contributed by atoms with E-state index in [9.17, 15) is 0 Å². The maximum absolute atomic E-state index is 5.49. The van der Waals surface area contributed by atoms with Crippen molar-refractivity contribution in [2.45, 2.75) is 6.92 Å². The Morgan fingerprint density at radius 3 is 2.90 bits per heavy atom. The van der Waals surface area contributed by atoms with Gasteiger partial charge in [-0.15, -0.1) is 6.42 Å². The molecule has 0 aliphatic carbocycles. The fourth-order valence-corrected chi connectivity index (χ4v) is 0.695. The number of anilines is 1. The molecule has 2 heteroatoms. The lowest BCUT2D eigenvalue weighted by Gasteiger charge is -1.96. The van der Waals surface area contributed by atoms with Gasteiger partial charge >= 0.3 is 0 Å². The third-order valence-electron chi connectivity index (χ3n) is 1.23. The number of hydrogen-bond donors (Lipinski definition) is 1. The first-order chi connectivity index (χ1) is 4.74. The maximum Gasteiger partial charge on any atom is 0.0659 e. The number of nitrogens with zero attached hydrogens (tertiary/aromatic N) is 1. The van der Waals surface area contributed by atoms with Gasteiger partial charge in [0, 0.05) is 5.69 Å². The van der Waals surface area contributed by atoms with E-state index in [0.717, 1.165) is 5.69 Å². The fraction of sp³-hybridized carbons (Fsp3) is 0.125. The van der Waals surface area contributed by atoms with Crippen LogP contribution < -0.4 is 5.73 Å². The molecule has 2 N–H and O–H groups in total. The van der Waals surface area contributed by atoms with Gasteiger partial charge in [-0.25, -0.2) is 0 Å². The number of aromatic nitrogens is 1. The monoisotopic (exact) mass is 132 g/mol. The molecule has 0 amide bonds. The van der Waals surface area contributed by atoms with Crippen LogP contribution in [-0.4, -0.2) is 4.98 Å². The Morgan fingerprint density at radius 1 is 1.70 bits per heavy atom. The Bertz CT molecular complexity index is 284. The molecule has 0 aromatic carbocycles. The highest BCUT2D eigenvalue weighted by Crippen LogP contribution is 2.08. The van der Waals surface area contributed by atoms with Gasteiger partial charge in [0.2, 0.25) is 0 Å². The molecule has 1 rings (SSSR count). The zero-order valence-corrected chi connectivity index (χ0v) is 5.76. The molecule has 0 spiro atoms. The van der Waals surface area contributed by atoms with Crippen molar-refractivity contribution in [2.75, 3.05) is 5.73 Å². The molecule has 10 heavy (non-hydrogen) atoms. The van der Waals surface area contributed by atoms with Crippen molar-refractivity contribution in [3.8, 4) is 12.3 Å². The van der Waals surface area contributed by atoms with Crippen molar-refractivity contribution < 1.29 is 0 Å². The molecule has 0 aliphatic heterocycles. The van der Waals surface area contributed by atoms with E-state index in [0.29, 0.717) is 11.3 Å². The Hall–Kier alpha value is -1.49. The molecule has 50 valence electrons. The third kappa shape index (κ3) is 1.08. The van der Waals surface area contributed by atoms with Gasteiger partial charge in [-0.05, 0) is 13.0 Å². The van der Waals surface area contributed by atoms with Crippen molar-refractivity contribution in [3.05, 3.63) is 23.5 Å². The first-order valence-electron chi connectivity index (χ1n) is 2.93. The molecule has 1 aromatic rings. The number of hydrogen-bond acceptors (Lipinski definition) is 2. The quantitative estimate of drug-likeness (QED) is 0.534. The summed E-state index contributed by atoms with van der Waals surface area (Å²) >= 11 is 0. The van der Waals surface area contributed by atoms with E-state index >= 15 is 0 Å². The van der Waals surface area contributed by atoms with Crippen molar-refractivity contribution in [3.63, 3.8) is 0 Å². The first kappa shape index (κ1) is 6.63. The average molecular weight is 132 g/mol. The number of nitrogen functional groups attached to an aromatic ring is 1. The minimum atomic E-state index is 0.563. The first-order valence-corrected chi connectivity index (χ1v) is 2.93. The van der Waals surface area contributed by atoms with Gasteiger partial charge in [-0.3, -0.25) is 4.98 Å². The molecular formula is C8H8N2. The summed E-state index contributed by atoms with van der Waals surface area (Å²) in [6.07, 6.45) is 6.74. The van der Waals surface area contributed by atoms with E-state index in [2.05, 4.69) is 10.9 Å². The summed E-state index contributed by atoms with van der Waals surface area (Å²) in [5, 5.41) is 0. The predicted molar refractivity (Wildman–Crippen MR) is 41.3 cm³/mol. The molecule has 0 aliphatic rings. The standard InChI is InChI=1S/C8H8N2/c1-3-7-4-6(2)10-5-8(7)9/h1,4-5H,9H2,2H3. The lowest BCUT2D eigenvalue weighted by atomic mass is 10.2. The largest absolute Gasteiger partial charge is 0.396 e. The van der Waals surface area contributed by atoms with Crippen LogP contribution >= 0.6 is 0 Å². The van der Waals surface area contributed by atoms with E-state index in [1.54, 1.807) is 12.3 Å². The molecule has 0 radical (unpaired) electrons. The minimum Gasteiger partial charge on any atom is -0.396 e. The van der Waals surface area contributed by atoms with Crippen LogP contribution in [0.15, 0.2) is 12.3 Å². The summed E-state index contributed by atoms with van der Waals surface area (Å²) in [5.74, 6) is 2.47. The van der Waals surface area contributed by atoms with E-state index in [-0.39, 0.29) is 0 Å². The molecule has 0 saturated heterocycles. The van der Waals surface area contributed by atoms with Crippen LogP contribution in [0.2, 0.25) is 0 Å². The van der Waals surface area contributed by atoms with Gasteiger partial charge in [-0.1, -0.05) is 5.92 Å². The zero-order valence-electron chi connectivity index (χ0n) is 5.76. The summed E-state index contributed by atoms with van der Waals surface area (Å²) in [5.41, 5.74) is 7.66. The Labute approximate surface area is 60.1 Å². The van der Waals surface area contributed by atoms with Gasteiger partial charge < -0.3 is 5.73 Å². The van der Waals surface area contributed by atoms with Crippen LogP contribution in [0, 0.1) is 19.3 Å². The zero-order chi connectivity index (χ0) is 7.56. The number of pyridine rings is 1. The van der Waals surface area contributed by atoms with E-state index in [4.69, 9.17) is 12.2 Å². The second-order valence-corrected chi connectivity index (χ2v) is 2.06. The SMILES string of the molecule is C#Cc1cc(C)ncc1N. The molecule has 0 saturated carbocycles. The van der Waals surface area contributed by atoms with Crippen LogP contribution in [0.4, 0.5) is 5.69 Å². The second kappa shape index (κ2) is 2.40. The van der Waals surface area contributed by atoms with E-state index < -0.39 is 0 Å². The molecular weight excluding hydrogens is 124 g/mol. The van der Waals surface area contributed by atoms with Crippen molar-refractivity contribution in [2.24, 2.45) is 0 Å². The van der Waals surface area contributed by atoms with Gasteiger partial charge in [0.1, 0.15) is 0 Å². The van der Waals surface area contributed by atoms with Crippen molar-refractivity contribution in [1.82, 2.24) is 4.98 Å². The van der Waals surface area contributed by atoms with Crippen LogP contribution in [0.5, 0.6) is 0 Å². The van der Waals surface area contributed by atoms with E-state index in [1.807, 2.05) is 6.92 Å². The minimum absolute atomic E-state index is 0.563. The summed E-state index contributed by atoms with van der Waals surface area (Å²) < 4.78 is 0. The fourth-order valence-electron chi connectivity index (χ4n) is 0.695. The van der Waals surface area contributed by atoms with Crippen LogP contribution in [0.3, 0.4) is 0 Å². The second-order valence-electron chi connectivity index (χ2n) is 2.06. The number of aryl methyl sites for hydroxylation is 1. The molecule has 0 atom stereocenters. The predicted octanol–water partition coefficient (Wildman–Crippen LogP) is 0.954. The highest BCUT2D eigenvalue weighted by Gasteiger charge is 1.94. The normalized spacial score (nSPS) is 8.80. The molecule has 1 aromatic heterocycles. The molecule has 0 bridgehead atoms. The van der Waals surface area contributed by atoms with E-state index in [1.165, 1.54) is 0 Å². The van der Waals surface area contributed by atoms with Crippen LogP contribution in [0.1, 0.15) is 11.3 Å². The Morgan fingerprint density at radius 2 is 2.40 bits per heavy atom. The van der Waals surface area contributed by atoms with Gasteiger partial charge in [-0.2, -0.15) is 0 Å². The third-order valence-corrected chi connectivity index (χ3v) is 1.23. The molecule has 0 unspecified atom stereocenters. The number of rotatable bonds is 0. The van der Waals surface area contributed by atoms with Gasteiger partial charge in [0.15, 0.2) is 0 Å². The molecule has 2 nitrogen and oxygen atoms in total. The Kier molecular flexibility index (Phi) is 1.59. The molecule has 0 fully saturated rings. The number of nitrogens with two attached hydrogens (primary N) is 1. The maximum atomic E-state index is 5.49. The summed E-state index contributed by atoms with van der Waals surface area (Å²) in [7, 11) is 0. The van der Waals surface area contributed by atoms with Crippen LogP contribution in [-0.2, 0) is 0 Å². The molecule has 1 heterocycles. The lowest BCUT2D eigenvalue weighted by Crippen LogP contribution is -1.92. The highest BCUT2D eigenvalue weighted by molar-refractivity contribution is 5.53. The van der Waals surface area contributed by atoms with Crippen molar-refractivity contribution >= 4 is 5.69 Å². The van der Waals surface area contributed by atoms with Crippen LogP contribution in [0.25, 0.3) is 0 Å². The van der Waals surface area contributed by atoms with Gasteiger partial charge in [0.05, 0.1) is 17.4 Å². The smallest absolute Gasteiger partial charge is 0.0659 e. The summed E-state index contributed by atoms with van der Waals surface area (Å²) in [6.45, 7) is 1.88. The van der Waals surface area contributed by atoms with Gasteiger partial charge in [0.25, 0.3) is 0 Å². The summed E-state index contributed by atoms with van der Waals surface area (Å²) in [6, 6.07) is 1.79. The summed E-state index contributed by atoms with van der Waals surface area (Å²) in [4.78, 5) is 3.97. The Balaban J connectivity index is 3.25. The lowest BCUT2D eigenvalue weighted by molar-refractivity contribution is 1.20.